The molecular formula is C23H28ClNO3. The Bertz CT molecular complexity index is 757. The second-order valence-electron chi connectivity index (χ2n) is 9.59. The number of carbonyl (C=O) groups is 2. The highest BCUT2D eigenvalue weighted by Crippen LogP contribution is 2.60. The van der Waals surface area contributed by atoms with Crippen LogP contribution in [0.3, 0.4) is 0 Å². The molecule has 0 radical (unpaired) electrons. The van der Waals surface area contributed by atoms with Gasteiger partial charge in [0.05, 0.1) is 5.41 Å². The minimum atomic E-state index is -0.417. The average Bonchev–Trinajstić information content (AvgIpc) is 3.14. The first-order chi connectivity index (χ1) is 13.5. The third kappa shape index (κ3) is 3.24. The molecule has 4 bridgehead atoms. The van der Waals surface area contributed by atoms with Crippen molar-refractivity contribution in [2.24, 2.45) is 23.2 Å². The largest absolute Gasteiger partial charge is 0.459 e. The van der Waals surface area contributed by atoms with Gasteiger partial charge in [-0.1, -0.05) is 23.7 Å². The molecule has 4 aliphatic carbocycles. The van der Waals surface area contributed by atoms with Crippen molar-refractivity contribution in [3.63, 3.8) is 0 Å². The fourth-order valence-corrected chi connectivity index (χ4v) is 7.02. The number of hydrogen-bond acceptors (Lipinski definition) is 3. The van der Waals surface area contributed by atoms with E-state index in [2.05, 4.69) is 0 Å². The summed E-state index contributed by atoms with van der Waals surface area (Å²) in [6.45, 7) is 0.896. The summed E-state index contributed by atoms with van der Waals surface area (Å²) in [5.74, 6) is 2.16. The van der Waals surface area contributed by atoms with E-state index >= 15 is 0 Å². The van der Waals surface area contributed by atoms with Gasteiger partial charge in [-0.05, 0) is 86.8 Å². The molecule has 1 saturated heterocycles. The average molecular weight is 402 g/mol. The van der Waals surface area contributed by atoms with Crippen LogP contribution in [0.1, 0.15) is 56.9 Å². The SMILES string of the molecule is O=C(OCc1cccc(Cl)c1)C1CCCN1C(=O)C12CC3CC(CC(C3)C1)C2. The maximum atomic E-state index is 13.6. The molecular weight excluding hydrogens is 374 g/mol. The van der Waals surface area contributed by atoms with Gasteiger partial charge in [0.1, 0.15) is 12.6 Å². The van der Waals surface area contributed by atoms with Gasteiger partial charge < -0.3 is 9.64 Å². The van der Waals surface area contributed by atoms with Crippen molar-refractivity contribution in [1.29, 1.82) is 0 Å². The second kappa shape index (κ2) is 7.05. The van der Waals surface area contributed by atoms with E-state index in [1.807, 2.05) is 23.1 Å². The molecule has 1 amide bonds. The molecule has 1 unspecified atom stereocenters. The first kappa shape index (κ1) is 18.5. The zero-order chi connectivity index (χ0) is 19.3. The van der Waals surface area contributed by atoms with Crippen molar-refractivity contribution in [2.45, 2.75) is 64.0 Å². The molecule has 150 valence electrons. The predicted octanol–water partition coefficient (Wildman–Crippen LogP) is 4.59. The summed E-state index contributed by atoms with van der Waals surface area (Å²) in [5.41, 5.74) is 0.683. The summed E-state index contributed by atoms with van der Waals surface area (Å²) in [6, 6.07) is 6.94. The van der Waals surface area contributed by atoms with Crippen molar-refractivity contribution < 1.29 is 14.3 Å². The lowest BCUT2D eigenvalue weighted by molar-refractivity contribution is -0.166. The van der Waals surface area contributed by atoms with E-state index in [9.17, 15) is 9.59 Å². The molecule has 6 rings (SSSR count). The number of amides is 1. The topological polar surface area (TPSA) is 46.6 Å². The van der Waals surface area contributed by atoms with Gasteiger partial charge in [0.15, 0.2) is 0 Å². The maximum Gasteiger partial charge on any atom is 0.329 e. The first-order valence-corrected chi connectivity index (χ1v) is 11.1. The number of carbonyl (C=O) groups excluding carboxylic acids is 2. The van der Waals surface area contributed by atoms with E-state index < -0.39 is 6.04 Å². The van der Waals surface area contributed by atoms with E-state index in [0.29, 0.717) is 18.0 Å². The minimum absolute atomic E-state index is 0.190. The summed E-state index contributed by atoms with van der Waals surface area (Å²) >= 11 is 6.01. The quantitative estimate of drug-likeness (QED) is 0.693. The fraction of sp³-hybridized carbons (Fsp3) is 0.652. The molecule has 0 aromatic heterocycles. The van der Waals surface area contributed by atoms with Gasteiger partial charge >= 0.3 is 5.97 Å². The van der Waals surface area contributed by atoms with Crippen molar-refractivity contribution in [3.05, 3.63) is 34.9 Å². The Morgan fingerprint density at radius 1 is 1.11 bits per heavy atom. The Hall–Kier alpha value is -1.55. The summed E-state index contributed by atoms with van der Waals surface area (Å²) in [4.78, 5) is 28.3. The van der Waals surface area contributed by atoms with Crippen LogP contribution in [0.4, 0.5) is 0 Å². The van der Waals surface area contributed by atoms with Crippen LogP contribution in [0, 0.1) is 23.2 Å². The van der Waals surface area contributed by atoms with Crippen LogP contribution in [-0.4, -0.2) is 29.4 Å². The Morgan fingerprint density at radius 3 is 2.43 bits per heavy atom. The molecule has 1 aliphatic heterocycles. The molecule has 5 heteroatoms. The second-order valence-corrected chi connectivity index (χ2v) is 10.0. The van der Waals surface area contributed by atoms with Crippen LogP contribution in [0.2, 0.25) is 5.02 Å². The zero-order valence-corrected chi connectivity index (χ0v) is 17.0. The van der Waals surface area contributed by atoms with E-state index in [1.54, 1.807) is 6.07 Å². The van der Waals surface area contributed by atoms with Crippen molar-refractivity contribution in [3.8, 4) is 0 Å². The van der Waals surface area contributed by atoms with Crippen LogP contribution in [-0.2, 0) is 20.9 Å². The molecule has 1 aromatic rings. The number of hydrogen-bond donors (Lipinski definition) is 0. The maximum absolute atomic E-state index is 13.6. The minimum Gasteiger partial charge on any atom is -0.459 e. The van der Waals surface area contributed by atoms with Gasteiger partial charge in [-0.3, -0.25) is 4.79 Å². The van der Waals surface area contributed by atoms with E-state index in [4.69, 9.17) is 16.3 Å². The van der Waals surface area contributed by atoms with Gasteiger partial charge in [-0.15, -0.1) is 0 Å². The monoisotopic (exact) mass is 401 g/mol. The van der Waals surface area contributed by atoms with Crippen LogP contribution in [0.15, 0.2) is 24.3 Å². The number of esters is 1. The summed E-state index contributed by atoms with van der Waals surface area (Å²) in [7, 11) is 0. The Kier molecular flexibility index (Phi) is 4.65. The third-order valence-electron chi connectivity index (χ3n) is 7.55. The molecule has 28 heavy (non-hydrogen) atoms. The molecule has 0 N–H and O–H groups in total. The molecule has 0 spiro atoms. The van der Waals surface area contributed by atoms with Gasteiger partial charge in [0.25, 0.3) is 0 Å². The highest BCUT2D eigenvalue weighted by atomic mass is 35.5. The molecule has 4 nitrogen and oxygen atoms in total. The van der Waals surface area contributed by atoms with Crippen LogP contribution < -0.4 is 0 Å². The molecule has 4 saturated carbocycles. The highest BCUT2D eigenvalue weighted by molar-refractivity contribution is 6.30. The molecule has 1 atom stereocenters. The Balaban J connectivity index is 1.27. The van der Waals surface area contributed by atoms with E-state index in [-0.39, 0.29) is 23.9 Å². The number of rotatable bonds is 4. The fourth-order valence-electron chi connectivity index (χ4n) is 6.81. The van der Waals surface area contributed by atoms with Gasteiger partial charge in [0, 0.05) is 11.6 Å². The number of likely N-dealkylation sites (tertiary alicyclic amines) is 1. The standard InChI is InChI=1S/C23H28ClNO3/c24-19-4-1-3-15(10-19)14-28-21(26)20-5-2-6-25(20)22(27)23-11-16-7-17(12-23)9-18(8-16)13-23/h1,3-4,10,16-18,20H,2,5-9,11-14H2. The lowest BCUT2D eigenvalue weighted by Gasteiger charge is -2.56. The lowest BCUT2D eigenvalue weighted by atomic mass is 9.49. The number of benzene rings is 1. The Morgan fingerprint density at radius 2 is 1.79 bits per heavy atom. The van der Waals surface area contributed by atoms with Crippen LogP contribution in [0.25, 0.3) is 0 Å². The predicted molar refractivity (Wildman–Crippen MR) is 107 cm³/mol. The number of halogens is 1. The van der Waals surface area contributed by atoms with Crippen molar-refractivity contribution in [2.75, 3.05) is 6.54 Å². The molecule has 5 aliphatic rings. The smallest absolute Gasteiger partial charge is 0.329 e. The molecule has 1 heterocycles. The van der Waals surface area contributed by atoms with Crippen molar-refractivity contribution >= 4 is 23.5 Å². The third-order valence-corrected chi connectivity index (χ3v) is 7.78. The van der Waals surface area contributed by atoms with Crippen molar-refractivity contribution in [1.82, 2.24) is 4.90 Å². The van der Waals surface area contributed by atoms with Crippen LogP contribution >= 0.6 is 11.6 Å². The molecule has 1 aromatic carbocycles. The number of nitrogens with zero attached hydrogens (tertiary/aromatic N) is 1. The number of ether oxygens (including phenoxy) is 1. The normalized spacial score (nSPS) is 36.0. The van der Waals surface area contributed by atoms with E-state index in [1.165, 1.54) is 19.3 Å². The highest BCUT2D eigenvalue weighted by Gasteiger charge is 2.56. The van der Waals surface area contributed by atoms with E-state index in [0.717, 1.165) is 49.0 Å². The zero-order valence-electron chi connectivity index (χ0n) is 16.2. The summed E-state index contributed by atoms with van der Waals surface area (Å²) < 4.78 is 5.57. The first-order valence-electron chi connectivity index (χ1n) is 10.7. The van der Waals surface area contributed by atoms with Gasteiger partial charge in [-0.2, -0.15) is 0 Å². The summed E-state index contributed by atoms with van der Waals surface area (Å²) in [6.07, 6.45) is 8.67. The van der Waals surface area contributed by atoms with Gasteiger partial charge in [0.2, 0.25) is 5.91 Å². The molecule has 5 fully saturated rings. The Labute approximate surface area is 171 Å². The summed E-state index contributed by atoms with van der Waals surface area (Å²) in [5, 5.41) is 0.632. The lowest BCUT2D eigenvalue weighted by Crippen LogP contribution is -2.56. The van der Waals surface area contributed by atoms with Crippen LogP contribution in [0.5, 0.6) is 0 Å². The van der Waals surface area contributed by atoms with Gasteiger partial charge in [-0.25, -0.2) is 4.79 Å².